The lowest BCUT2D eigenvalue weighted by Gasteiger charge is -2.09. The summed E-state index contributed by atoms with van der Waals surface area (Å²) in [5, 5.41) is -0.390. The van der Waals surface area contributed by atoms with Crippen molar-refractivity contribution in [2.24, 2.45) is 0 Å². The minimum Gasteiger partial charge on any atom is -0.463 e. The van der Waals surface area contributed by atoms with Crippen molar-refractivity contribution < 1.29 is 23.5 Å². The van der Waals surface area contributed by atoms with E-state index >= 15 is 0 Å². The second kappa shape index (κ2) is 7.28. The molecular formula is C17H12BrNO5S. The Bertz CT molecular complexity index is 889. The summed E-state index contributed by atoms with van der Waals surface area (Å²) in [6.07, 6.45) is 1.66. The number of hydrogen-bond acceptors (Lipinski definition) is 6. The molecule has 0 spiro atoms. The number of methoxy groups -OCH3 is 1. The van der Waals surface area contributed by atoms with Gasteiger partial charge in [0.05, 0.1) is 18.6 Å². The molecule has 0 aliphatic carbocycles. The molecule has 25 heavy (non-hydrogen) atoms. The van der Waals surface area contributed by atoms with Crippen LogP contribution in [0, 0.1) is 0 Å². The molecule has 1 aromatic carbocycles. The first-order valence-electron chi connectivity index (χ1n) is 7.16. The minimum absolute atomic E-state index is 0.0215. The van der Waals surface area contributed by atoms with Crippen LogP contribution in [0.25, 0.3) is 6.08 Å². The monoisotopic (exact) mass is 421 g/mol. The van der Waals surface area contributed by atoms with Crippen molar-refractivity contribution in [2.75, 3.05) is 7.11 Å². The van der Waals surface area contributed by atoms with E-state index in [4.69, 9.17) is 4.42 Å². The number of thioether (sulfide) groups is 1. The number of amides is 2. The molecule has 3 rings (SSSR count). The van der Waals surface area contributed by atoms with Crippen molar-refractivity contribution in [2.45, 2.75) is 6.54 Å². The van der Waals surface area contributed by atoms with Crippen LogP contribution in [0.5, 0.6) is 0 Å². The Morgan fingerprint density at radius 3 is 2.76 bits per heavy atom. The van der Waals surface area contributed by atoms with Gasteiger partial charge in [0.15, 0.2) is 0 Å². The Kier molecular flexibility index (Phi) is 5.10. The molecule has 0 N–H and O–H groups in total. The Labute approximate surface area is 155 Å². The van der Waals surface area contributed by atoms with E-state index in [-0.39, 0.29) is 17.5 Å². The average Bonchev–Trinajstić information content (AvgIpc) is 3.17. The number of carbonyl (C=O) groups is 3. The van der Waals surface area contributed by atoms with Crippen LogP contribution < -0.4 is 0 Å². The van der Waals surface area contributed by atoms with Crippen LogP contribution in [0.15, 0.2) is 50.2 Å². The van der Waals surface area contributed by atoms with Crippen molar-refractivity contribution in [1.82, 2.24) is 4.90 Å². The molecule has 2 aromatic rings. The third-order valence-corrected chi connectivity index (χ3v) is 5.06. The number of rotatable bonds is 4. The van der Waals surface area contributed by atoms with Crippen LogP contribution in [0.4, 0.5) is 4.79 Å². The lowest BCUT2D eigenvalue weighted by atomic mass is 10.2. The van der Waals surface area contributed by atoms with E-state index in [0.717, 1.165) is 26.7 Å². The van der Waals surface area contributed by atoms with Crippen LogP contribution in [-0.2, 0) is 16.1 Å². The normalized spacial score (nSPS) is 15.9. The van der Waals surface area contributed by atoms with Crippen LogP contribution in [0.2, 0.25) is 0 Å². The van der Waals surface area contributed by atoms with E-state index in [1.807, 2.05) is 24.3 Å². The van der Waals surface area contributed by atoms with E-state index in [1.54, 1.807) is 6.08 Å². The number of hydrogen-bond donors (Lipinski definition) is 0. The van der Waals surface area contributed by atoms with Gasteiger partial charge in [0.2, 0.25) is 5.76 Å². The number of imide groups is 1. The van der Waals surface area contributed by atoms with Gasteiger partial charge < -0.3 is 9.15 Å². The van der Waals surface area contributed by atoms with Gasteiger partial charge in [-0.1, -0.05) is 34.1 Å². The minimum atomic E-state index is -0.616. The highest BCUT2D eigenvalue weighted by molar-refractivity contribution is 9.10. The summed E-state index contributed by atoms with van der Waals surface area (Å²) in [6, 6.07) is 10.4. The van der Waals surface area contributed by atoms with E-state index < -0.39 is 11.9 Å². The molecule has 6 nitrogen and oxygen atoms in total. The van der Waals surface area contributed by atoms with E-state index in [1.165, 1.54) is 19.2 Å². The molecule has 2 heterocycles. The summed E-state index contributed by atoms with van der Waals surface area (Å²) in [7, 11) is 1.24. The summed E-state index contributed by atoms with van der Waals surface area (Å²) in [4.78, 5) is 37.5. The highest BCUT2D eigenvalue weighted by atomic mass is 79.9. The maximum atomic E-state index is 12.5. The van der Waals surface area contributed by atoms with Gasteiger partial charge in [-0.05, 0) is 41.6 Å². The van der Waals surface area contributed by atoms with Crippen LogP contribution >= 0.6 is 27.7 Å². The summed E-state index contributed by atoms with van der Waals surface area (Å²) in [6.45, 7) is -0.0467. The zero-order valence-corrected chi connectivity index (χ0v) is 15.4. The standard InChI is InChI=1S/C17H12BrNO5S/c1-23-16(21)13-7-6-11(24-13)9-19-15(20)14(25-17(19)22)8-10-4-2-3-5-12(10)18/h2-8H,9H2,1H3/b14-8+. The molecule has 1 fully saturated rings. The van der Waals surface area contributed by atoms with Gasteiger partial charge in [-0.2, -0.15) is 0 Å². The number of benzene rings is 1. The number of carbonyl (C=O) groups excluding carboxylic acids is 3. The fourth-order valence-corrected chi connectivity index (χ4v) is 3.43. The maximum Gasteiger partial charge on any atom is 0.373 e. The topological polar surface area (TPSA) is 76.8 Å². The first kappa shape index (κ1) is 17.5. The molecule has 2 amide bonds. The molecule has 1 aromatic heterocycles. The Morgan fingerprint density at radius 2 is 2.04 bits per heavy atom. The van der Waals surface area contributed by atoms with Gasteiger partial charge in [-0.15, -0.1) is 0 Å². The number of ether oxygens (including phenoxy) is 1. The molecule has 0 radical (unpaired) electrons. The Balaban J connectivity index is 1.79. The highest BCUT2D eigenvalue weighted by Gasteiger charge is 2.35. The zero-order chi connectivity index (χ0) is 18.0. The first-order chi connectivity index (χ1) is 12.0. The fourth-order valence-electron chi connectivity index (χ4n) is 2.20. The lowest BCUT2D eigenvalue weighted by molar-refractivity contribution is -0.123. The van der Waals surface area contributed by atoms with E-state index in [2.05, 4.69) is 20.7 Å². The van der Waals surface area contributed by atoms with Gasteiger partial charge >= 0.3 is 5.97 Å². The van der Waals surface area contributed by atoms with Gasteiger partial charge in [-0.25, -0.2) is 4.79 Å². The van der Waals surface area contributed by atoms with Crippen LogP contribution in [0.3, 0.4) is 0 Å². The van der Waals surface area contributed by atoms with Gasteiger partial charge in [-0.3, -0.25) is 14.5 Å². The molecule has 0 saturated carbocycles. The number of furan rings is 1. The number of esters is 1. The van der Waals surface area contributed by atoms with E-state index in [0.29, 0.717) is 10.7 Å². The van der Waals surface area contributed by atoms with Crippen molar-refractivity contribution in [3.8, 4) is 0 Å². The predicted molar refractivity (Wildman–Crippen MR) is 95.7 cm³/mol. The van der Waals surface area contributed by atoms with Gasteiger partial charge in [0.25, 0.3) is 11.1 Å². The lowest BCUT2D eigenvalue weighted by Crippen LogP contribution is -2.27. The summed E-state index contributed by atoms with van der Waals surface area (Å²) >= 11 is 4.27. The average molecular weight is 422 g/mol. The molecule has 128 valence electrons. The van der Waals surface area contributed by atoms with Gasteiger partial charge in [0.1, 0.15) is 5.76 Å². The summed E-state index contributed by atoms with van der Waals surface area (Å²) in [5.74, 6) is -0.672. The van der Waals surface area contributed by atoms with Crippen molar-refractivity contribution in [3.05, 3.63) is 62.9 Å². The van der Waals surface area contributed by atoms with E-state index in [9.17, 15) is 14.4 Å². The van der Waals surface area contributed by atoms with Crippen LogP contribution in [-0.4, -0.2) is 29.1 Å². The SMILES string of the molecule is COC(=O)c1ccc(CN2C(=O)S/C(=C/c3ccccc3Br)C2=O)o1. The fraction of sp³-hybridized carbons (Fsp3) is 0.118. The second-order valence-corrected chi connectivity index (χ2v) is 6.89. The molecular weight excluding hydrogens is 410 g/mol. The Hall–Kier alpha value is -2.32. The smallest absolute Gasteiger partial charge is 0.373 e. The highest BCUT2D eigenvalue weighted by Crippen LogP contribution is 2.34. The molecule has 1 saturated heterocycles. The van der Waals surface area contributed by atoms with Crippen LogP contribution in [0.1, 0.15) is 21.9 Å². The predicted octanol–water partition coefficient (Wildman–Crippen LogP) is 4.07. The molecule has 0 bridgehead atoms. The van der Waals surface area contributed by atoms with Gasteiger partial charge in [0, 0.05) is 4.47 Å². The largest absolute Gasteiger partial charge is 0.463 e. The number of nitrogens with zero attached hydrogens (tertiary/aromatic N) is 1. The summed E-state index contributed by atoms with van der Waals surface area (Å²) < 4.78 is 10.7. The molecule has 1 aliphatic rings. The Morgan fingerprint density at radius 1 is 1.28 bits per heavy atom. The molecule has 0 atom stereocenters. The zero-order valence-electron chi connectivity index (χ0n) is 13.0. The molecule has 0 unspecified atom stereocenters. The van der Waals surface area contributed by atoms with Crippen molar-refractivity contribution in [1.29, 1.82) is 0 Å². The maximum absolute atomic E-state index is 12.5. The molecule has 8 heteroatoms. The first-order valence-corrected chi connectivity index (χ1v) is 8.77. The quantitative estimate of drug-likeness (QED) is 0.546. The number of halogens is 1. The second-order valence-electron chi connectivity index (χ2n) is 5.05. The third kappa shape index (κ3) is 3.69. The molecule has 1 aliphatic heterocycles. The summed E-state index contributed by atoms with van der Waals surface area (Å²) in [5.41, 5.74) is 0.805. The van der Waals surface area contributed by atoms with Crippen molar-refractivity contribution >= 4 is 50.9 Å². The van der Waals surface area contributed by atoms with Crippen molar-refractivity contribution in [3.63, 3.8) is 0 Å². The third-order valence-electron chi connectivity index (χ3n) is 3.43.